The topological polar surface area (TPSA) is 150 Å². The maximum atomic E-state index is 12.4. The zero-order chi connectivity index (χ0) is 18.4. The van der Waals surface area contributed by atoms with Gasteiger partial charge in [0.1, 0.15) is 11.3 Å². The molecule has 2 amide bonds. The molecule has 128 valence electrons. The van der Waals surface area contributed by atoms with Crippen LogP contribution in [0.1, 0.15) is 31.1 Å². The number of carboxylic acid groups (broad SMARTS) is 1. The Labute approximate surface area is 141 Å². The van der Waals surface area contributed by atoms with E-state index in [0.717, 1.165) is 18.2 Å². The molecule has 0 atom stereocenters. The van der Waals surface area contributed by atoms with Gasteiger partial charge in [0.25, 0.3) is 21.8 Å². The Kier molecular flexibility index (Phi) is 3.68. The highest BCUT2D eigenvalue weighted by atomic mass is 32.2. The number of carboxylic acids is 1. The summed E-state index contributed by atoms with van der Waals surface area (Å²) in [6.45, 7) is 0. The van der Waals surface area contributed by atoms with Gasteiger partial charge in [-0.2, -0.15) is 0 Å². The van der Waals surface area contributed by atoms with E-state index in [1.807, 2.05) is 0 Å². The summed E-state index contributed by atoms with van der Waals surface area (Å²) in [6, 6.07) is 6.59. The van der Waals surface area contributed by atoms with Crippen molar-refractivity contribution in [3.05, 3.63) is 53.1 Å². The van der Waals surface area contributed by atoms with E-state index in [-0.39, 0.29) is 21.7 Å². The summed E-state index contributed by atoms with van der Waals surface area (Å²) >= 11 is 0. The number of amides is 2. The molecule has 0 aliphatic carbocycles. The van der Waals surface area contributed by atoms with E-state index in [2.05, 4.69) is 10.0 Å². The van der Waals surface area contributed by atoms with Gasteiger partial charge in [-0.15, -0.1) is 0 Å². The molecule has 2 aromatic rings. The number of imide groups is 1. The second kappa shape index (κ2) is 5.60. The van der Waals surface area contributed by atoms with Gasteiger partial charge < -0.3 is 10.2 Å². The Morgan fingerprint density at radius 1 is 1.00 bits per heavy atom. The summed E-state index contributed by atoms with van der Waals surface area (Å²) < 4.78 is 27.0. The fourth-order valence-electron chi connectivity index (χ4n) is 2.30. The number of carbonyl (C=O) groups excluding carboxylic acids is 2. The molecule has 1 aliphatic rings. The molecule has 0 fully saturated rings. The lowest BCUT2D eigenvalue weighted by Crippen LogP contribution is -2.19. The quantitative estimate of drug-likeness (QED) is 0.587. The first-order valence-corrected chi connectivity index (χ1v) is 8.26. The van der Waals surface area contributed by atoms with Crippen LogP contribution in [0.5, 0.6) is 5.75 Å². The molecule has 0 bridgehead atoms. The Morgan fingerprint density at radius 2 is 1.68 bits per heavy atom. The molecule has 3 rings (SSSR count). The van der Waals surface area contributed by atoms with Crippen molar-refractivity contribution in [1.82, 2.24) is 5.32 Å². The molecule has 0 spiro atoms. The van der Waals surface area contributed by atoms with E-state index >= 15 is 0 Å². The number of rotatable bonds is 4. The summed E-state index contributed by atoms with van der Waals surface area (Å²) in [7, 11) is -4.18. The SMILES string of the molecule is O=C(O)c1cc(S(=O)(=O)Nc2ccc3c(c2)C(=O)NC3=O)ccc1O. The van der Waals surface area contributed by atoms with Crippen LogP contribution in [0.25, 0.3) is 0 Å². The lowest BCUT2D eigenvalue weighted by atomic mass is 10.1. The zero-order valence-electron chi connectivity index (χ0n) is 12.3. The number of nitrogens with one attached hydrogen (secondary N) is 2. The van der Waals surface area contributed by atoms with E-state index in [4.69, 9.17) is 5.11 Å². The molecule has 0 saturated carbocycles. The minimum Gasteiger partial charge on any atom is -0.507 e. The normalized spacial score (nSPS) is 13.3. The van der Waals surface area contributed by atoms with Gasteiger partial charge in [0.2, 0.25) is 0 Å². The number of hydrogen-bond acceptors (Lipinski definition) is 6. The summed E-state index contributed by atoms with van der Waals surface area (Å²) in [4.78, 5) is 33.7. The molecule has 0 unspecified atom stereocenters. The summed E-state index contributed by atoms with van der Waals surface area (Å²) in [5.74, 6) is -3.26. The Bertz CT molecular complexity index is 1040. The Balaban J connectivity index is 1.97. The molecule has 0 saturated heterocycles. The first-order valence-electron chi connectivity index (χ1n) is 6.78. The fraction of sp³-hybridized carbons (Fsp3) is 0. The van der Waals surface area contributed by atoms with E-state index in [1.54, 1.807) is 0 Å². The molecule has 1 aliphatic heterocycles. The van der Waals surface area contributed by atoms with Crippen LogP contribution in [0, 0.1) is 0 Å². The van der Waals surface area contributed by atoms with Crippen LogP contribution >= 0.6 is 0 Å². The van der Waals surface area contributed by atoms with Gasteiger partial charge in [-0.1, -0.05) is 0 Å². The second-order valence-electron chi connectivity index (χ2n) is 5.13. The van der Waals surface area contributed by atoms with Crippen LogP contribution in [0.15, 0.2) is 41.3 Å². The lowest BCUT2D eigenvalue weighted by molar-refractivity contribution is 0.0692. The van der Waals surface area contributed by atoms with E-state index < -0.39 is 39.1 Å². The summed E-state index contributed by atoms with van der Waals surface area (Å²) in [5, 5.41) is 20.5. The fourth-order valence-corrected chi connectivity index (χ4v) is 3.37. The molecule has 25 heavy (non-hydrogen) atoms. The molecule has 10 heteroatoms. The number of benzene rings is 2. The zero-order valence-corrected chi connectivity index (χ0v) is 13.1. The number of carbonyl (C=O) groups is 3. The van der Waals surface area contributed by atoms with E-state index in [1.165, 1.54) is 18.2 Å². The predicted octanol–water partition coefficient (Wildman–Crippen LogP) is 0.775. The van der Waals surface area contributed by atoms with Crippen molar-refractivity contribution in [3.63, 3.8) is 0 Å². The highest BCUT2D eigenvalue weighted by molar-refractivity contribution is 7.92. The van der Waals surface area contributed by atoms with Gasteiger partial charge in [0, 0.05) is 5.69 Å². The molecule has 0 aromatic heterocycles. The first-order chi connectivity index (χ1) is 11.7. The third-order valence-electron chi connectivity index (χ3n) is 3.50. The van der Waals surface area contributed by atoms with Crippen molar-refractivity contribution in [3.8, 4) is 5.75 Å². The highest BCUT2D eigenvalue weighted by Gasteiger charge is 2.27. The third kappa shape index (κ3) is 2.90. The van der Waals surface area contributed by atoms with Crippen LogP contribution < -0.4 is 10.0 Å². The van der Waals surface area contributed by atoms with Crippen LogP contribution in [0.4, 0.5) is 5.69 Å². The molecule has 2 aromatic carbocycles. The number of sulfonamides is 1. The van der Waals surface area contributed by atoms with Crippen LogP contribution in [-0.4, -0.2) is 36.4 Å². The first kappa shape index (κ1) is 16.5. The molecular formula is C15H10N2O7S. The van der Waals surface area contributed by atoms with Crippen LogP contribution in [-0.2, 0) is 10.0 Å². The van der Waals surface area contributed by atoms with Gasteiger partial charge in [0.15, 0.2) is 0 Å². The van der Waals surface area contributed by atoms with Gasteiger partial charge >= 0.3 is 5.97 Å². The van der Waals surface area contributed by atoms with E-state index in [0.29, 0.717) is 0 Å². The van der Waals surface area contributed by atoms with Crippen molar-refractivity contribution < 1.29 is 33.0 Å². The number of phenols is 1. The maximum absolute atomic E-state index is 12.4. The van der Waals surface area contributed by atoms with E-state index in [9.17, 15) is 27.9 Å². The molecule has 9 nitrogen and oxygen atoms in total. The minimum absolute atomic E-state index is 0.0218. The van der Waals surface area contributed by atoms with Crippen molar-refractivity contribution in [1.29, 1.82) is 0 Å². The molecule has 4 N–H and O–H groups in total. The van der Waals surface area contributed by atoms with Crippen molar-refractivity contribution in [2.75, 3.05) is 4.72 Å². The second-order valence-corrected chi connectivity index (χ2v) is 6.82. The molecular weight excluding hydrogens is 352 g/mol. The van der Waals surface area contributed by atoms with Crippen LogP contribution in [0.3, 0.4) is 0 Å². The average molecular weight is 362 g/mol. The number of aromatic carboxylic acids is 1. The number of anilines is 1. The number of hydrogen-bond donors (Lipinski definition) is 4. The monoisotopic (exact) mass is 362 g/mol. The summed E-state index contributed by atoms with van der Waals surface area (Å²) in [6.07, 6.45) is 0. The average Bonchev–Trinajstić information content (AvgIpc) is 2.81. The van der Waals surface area contributed by atoms with Crippen LogP contribution in [0.2, 0.25) is 0 Å². The van der Waals surface area contributed by atoms with Crippen molar-refractivity contribution in [2.45, 2.75) is 4.90 Å². The highest BCUT2D eigenvalue weighted by Crippen LogP contribution is 2.25. The number of fused-ring (bicyclic) bond motifs is 1. The molecule has 0 radical (unpaired) electrons. The minimum atomic E-state index is -4.18. The summed E-state index contributed by atoms with van der Waals surface area (Å²) in [5.41, 5.74) is -0.386. The third-order valence-corrected chi connectivity index (χ3v) is 4.88. The van der Waals surface area contributed by atoms with Crippen molar-refractivity contribution >= 4 is 33.5 Å². The van der Waals surface area contributed by atoms with Gasteiger partial charge in [0.05, 0.1) is 16.0 Å². The standard InChI is InChI=1S/C15H10N2O7S/c18-12-4-2-8(6-11(12)15(21)22)25(23,24)17-7-1-3-9-10(5-7)14(20)16-13(9)19/h1-6,17-18H,(H,21,22)(H,16,19,20). The van der Waals surface area contributed by atoms with Gasteiger partial charge in [-0.05, 0) is 36.4 Å². The Hall–Kier alpha value is -3.40. The predicted molar refractivity (Wildman–Crippen MR) is 84.1 cm³/mol. The molecule has 1 heterocycles. The van der Waals surface area contributed by atoms with Gasteiger partial charge in [-0.3, -0.25) is 19.6 Å². The lowest BCUT2D eigenvalue weighted by Gasteiger charge is -2.10. The van der Waals surface area contributed by atoms with Crippen molar-refractivity contribution in [2.24, 2.45) is 0 Å². The van der Waals surface area contributed by atoms with Gasteiger partial charge in [-0.25, -0.2) is 13.2 Å². The Morgan fingerprint density at radius 3 is 2.36 bits per heavy atom. The maximum Gasteiger partial charge on any atom is 0.339 e. The largest absolute Gasteiger partial charge is 0.507 e. The smallest absolute Gasteiger partial charge is 0.339 e. The number of aromatic hydroxyl groups is 1.